The molecule has 8 nitrogen and oxygen atoms in total. The van der Waals surface area contributed by atoms with E-state index in [0.717, 1.165) is 4.31 Å². The van der Waals surface area contributed by atoms with Crippen LogP contribution in [0.5, 0.6) is 5.75 Å². The Bertz CT molecular complexity index is 849. The number of aromatic nitrogens is 2. The highest BCUT2D eigenvalue weighted by atomic mass is 32.2. The average Bonchev–Trinajstić information content (AvgIpc) is 2.79. The molecule has 21 heavy (non-hydrogen) atoms. The molecule has 0 radical (unpaired) electrons. The molecule has 2 aromatic rings. The molecule has 110 valence electrons. The first kappa shape index (κ1) is 13.6. The van der Waals surface area contributed by atoms with Crippen molar-refractivity contribution in [1.29, 1.82) is 0 Å². The molecule has 9 heteroatoms. The highest BCUT2D eigenvalue weighted by Gasteiger charge is 2.32. The molecule has 0 saturated carbocycles. The summed E-state index contributed by atoms with van der Waals surface area (Å²) >= 11 is 0. The van der Waals surface area contributed by atoms with Gasteiger partial charge in [0.1, 0.15) is 5.52 Å². The molecule has 2 N–H and O–H groups in total. The molecule has 1 aliphatic rings. The molecule has 0 atom stereocenters. The molecule has 0 unspecified atom stereocenters. The second-order valence-electron chi connectivity index (χ2n) is 4.58. The smallest absolute Gasteiger partial charge is 0.358 e. The van der Waals surface area contributed by atoms with Crippen LogP contribution in [0.25, 0.3) is 10.9 Å². The fourth-order valence-electron chi connectivity index (χ4n) is 2.32. The Morgan fingerprint density at radius 3 is 2.76 bits per heavy atom. The van der Waals surface area contributed by atoms with E-state index in [0.29, 0.717) is 11.8 Å². The highest BCUT2D eigenvalue weighted by molar-refractivity contribution is 7.93. The summed E-state index contributed by atoms with van der Waals surface area (Å²) < 4.78 is 25.1. The Hall–Kier alpha value is -2.42. The Labute approximate surface area is 119 Å². The first-order valence-corrected chi connectivity index (χ1v) is 7.74. The minimum Gasteiger partial charge on any atom is -0.504 e. The topological polar surface area (TPSA) is 121 Å². The zero-order valence-electron chi connectivity index (χ0n) is 10.7. The molecule has 1 aliphatic heterocycles. The van der Waals surface area contributed by atoms with E-state index in [1.54, 1.807) is 12.1 Å². The largest absolute Gasteiger partial charge is 0.504 e. The summed E-state index contributed by atoms with van der Waals surface area (Å²) in [6.07, 6.45) is 1.82. The van der Waals surface area contributed by atoms with E-state index in [-0.39, 0.29) is 23.6 Å². The molecule has 0 amide bonds. The van der Waals surface area contributed by atoms with Crippen molar-refractivity contribution >= 4 is 32.7 Å². The van der Waals surface area contributed by atoms with E-state index in [4.69, 9.17) is 5.11 Å². The maximum atomic E-state index is 12.0. The average molecular weight is 309 g/mol. The van der Waals surface area contributed by atoms with Crippen LogP contribution in [0.15, 0.2) is 18.3 Å². The van der Waals surface area contributed by atoms with E-state index in [9.17, 15) is 18.3 Å². The van der Waals surface area contributed by atoms with Crippen molar-refractivity contribution < 1.29 is 23.4 Å². The fraction of sp³-hybridized carbons (Fsp3) is 0.250. The van der Waals surface area contributed by atoms with E-state index in [2.05, 4.69) is 9.97 Å². The number of aromatic carboxylic acids is 1. The lowest BCUT2D eigenvalue weighted by molar-refractivity contribution is 0.0687. The van der Waals surface area contributed by atoms with Crippen LogP contribution in [-0.2, 0) is 10.0 Å². The summed E-state index contributed by atoms with van der Waals surface area (Å²) in [4.78, 5) is 18.9. The Morgan fingerprint density at radius 2 is 2.14 bits per heavy atom. The number of rotatable bonds is 2. The number of fused-ring (bicyclic) bond motifs is 1. The predicted molar refractivity (Wildman–Crippen MR) is 73.9 cm³/mol. The van der Waals surface area contributed by atoms with Crippen LogP contribution in [0.4, 0.5) is 5.82 Å². The Kier molecular flexibility index (Phi) is 2.94. The van der Waals surface area contributed by atoms with Gasteiger partial charge < -0.3 is 10.2 Å². The third-order valence-corrected chi connectivity index (χ3v) is 5.08. The number of anilines is 1. The van der Waals surface area contributed by atoms with Gasteiger partial charge in [0.25, 0.3) is 0 Å². The lowest BCUT2D eigenvalue weighted by Gasteiger charge is -2.18. The molecule has 0 aromatic carbocycles. The van der Waals surface area contributed by atoms with Gasteiger partial charge in [-0.2, -0.15) is 0 Å². The number of carboxylic acid groups (broad SMARTS) is 1. The first-order chi connectivity index (χ1) is 9.92. The van der Waals surface area contributed by atoms with Gasteiger partial charge in [-0.05, 0) is 18.6 Å². The van der Waals surface area contributed by atoms with Crippen molar-refractivity contribution in [1.82, 2.24) is 9.97 Å². The van der Waals surface area contributed by atoms with Crippen LogP contribution < -0.4 is 4.31 Å². The van der Waals surface area contributed by atoms with Crippen molar-refractivity contribution in [2.24, 2.45) is 0 Å². The predicted octanol–water partition coefficient (Wildman–Crippen LogP) is 0.573. The van der Waals surface area contributed by atoms with E-state index < -0.39 is 27.4 Å². The summed E-state index contributed by atoms with van der Waals surface area (Å²) in [6, 6.07) is 3.11. The molecule has 1 saturated heterocycles. The highest BCUT2D eigenvalue weighted by Crippen LogP contribution is 2.35. The summed E-state index contributed by atoms with van der Waals surface area (Å²) in [6.45, 7) is 0.225. The van der Waals surface area contributed by atoms with Gasteiger partial charge in [-0.3, -0.25) is 9.29 Å². The lowest BCUT2D eigenvalue weighted by atomic mass is 10.2. The molecule has 0 bridgehead atoms. The SMILES string of the molecule is O=C(O)c1nc(N2CCCS2(=O)=O)c2cccnc2c1O. The van der Waals surface area contributed by atoms with Gasteiger partial charge in [0.05, 0.1) is 5.75 Å². The van der Waals surface area contributed by atoms with Crippen LogP contribution >= 0.6 is 0 Å². The quantitative estimate of drug-likeness (QED) is 0.832. The number of carbonyl (C=O) groups is 1. The van der Waals surface area contributed by atoms with E-state index >= 15 is 0 Å². The van der Waals surface area contributed by atoms with E-state index in [1.165, 1.54) is 6.20 Å². The minimum absolute atomic E-state index is 0.00852. The summed E-state index contributed by atoms with van der Waals surface area (Å²) in [5, 5.41) is 19.3. The number of nitrogens with zero attached hydrogens (tertiary/aromatic N) is 3. The molecular formula is C12H11N3O5S. The minimum atomic E-state index is -3.52. The fourth-order valence-corrected chi connectivity index (χ4v) is 3.85. The monoisotopic (exact) mass is 309 g/mol. The Morgan fingerprint density at radius 1 is 1.38 bits per heavy atom. The van der Waals surface area contributed by atoms with Gasteiger partial charge in [0, 0.05) is 18.1 Å². The zero-order chi connectivity index (χ0) is 15.2. The van der Waals surface area contributed by atoms with Crippen molar-refractivity contribution in [3.8, 4) is 5.75 Å². The number of pyridine rings is 2. The molecule has 0 aliphatic carbocycles. The van der Waals surface area contributed by atoms with Crippen LogP contribution in [-0.4, -0.2) is 46.9 Å². The number of hydrogen-bond donors (Lipinski definition) is 2. The van der Waals surface area contributed by atoms with Crippen LogP contribution in [0.3, 0.4) is 0 Å². The molecule has 2 aromatic heterocycles. The second kappa shape index (κ2) is 4.55. The van der Waals surface area contributed by atoms with E-state index in [1.807, 2.05) is 0 Å². The molecular weight excluding hydrogens is 298 g/mol. The van der Waals surface area contributed by atoms with Crippen molar-refractivity contribution in [2.75, 3.05) is 16.6 Å². The van der Waals surface area contributed by atoms with Crippen LogP contribution in [0, 0.1) is 0 Å². The van der Waals surface area contributed by atoms with Gasteiger partial charge in [0.15, 0.2) is 17.3 Å². The maximum Gasteiger partial charge on any atom is 0.358 e. The van der Waals surface area contributed by atoms with Gasteiger partial charge in [-0.1, -0.05) is 0 Å². The Balaban J connectivity index is 2.37. The zero-order valence-corrected chi connectivity index (χ0v) is 11.5. The standard InChI is InChI=1S/C12H11N3O5S/c16-10-8-7(3-1-4-13-8)11(14-9(10)12(17)18)15-5-2-6-21(15,19)20/h1,3-4,16H,2,5-6H2,(H,17,18). The molecule has 0 spiro atoms. The summed E-state index contributed by atoms with van der Waals surface area (Å²) in [5.41, 5.74) is -0.597. The van der Waals surface area contributed by atoms with Crippen molar-refractivity contribution in [2.45, 2.75) is 6.42 Å². The summed E-state index contributed by atoms with van der Waals surface area (Å²) in [5.74, 6) is -2.04. The van der Waals surface area contributed by atoms with Gasteiger partial charge in [-0.25, -0.2) is 18.2 Å². The van der Waals surface area contributed by atoms with Crippen molar-refractivity contribution in [3.05, 3.63) is 24.0 Å². The normalized spacial score (nSPS) is 17.2. The third-order valence-electron chi connectivity index (χ3n) is 3.25. The molecule has 3 rings (SSSR count). The lowest BCUT2D eigenvalue weighted by Crippen LogP contribution is -2.27. The second-order valence-corrected chi connectivity index (χ2v) is 6.59. The third kappa shape index (κ3) is 2.05. The number of carboxylic acids is 1. The van der Waals surface area contributed by atoms with Crippen LogP contribution in [0.1, 0.15) is 16.9 Å². The number of hydrogen-bond acceptors (Lipinski definition) is 6. The van der Waals surface area contributed by atoms with Crippen molar-refractivity contribution in [3.63, 3.8) is 0 Å². The maximum absolute atomic E-state index is 12.0. The molecule has 3 heterocycles. The first-order valence-electron chi connectivity index (χ1n) is 6.13. The summed E-state index contributed by atoms with van der Waals surface area (Å²) in [7, 11) is -3.52. The van der Waals surface area contributed by atoms with Gasteiger partial charge in [-0.15, -0.1) is 0 Å². The molecule has 1 fully saturated rings. The number of sulfonamides is 1. The van der Waals surface area contributed by atoms with Gasteiger partial charge >= 0.3 is 5.97 Å². The number of aromatic hydroxyl groups is 1. The van der Waals surface area contributed by atoms with Gasteiger partial charge in [0.2, 0.25) is 10.0 Å². The van der Waals surface area contributed by atoms with Crippen LogP contribution in [0.2, 0.25) is 0 Å².